The van der Waals surface area contributed by atoms with Crippen molar-refractivity contribution in [3.05, 3.63) is 59.7 Å². The number of ether oxygens (including phenoxy) is 1. The number of para-hydroxylation sites is 1. The highest BCUT2D eigenvalue weighted by Gasteiger charge is 2.20. The molecule has 1 atom stereocenters. The lowest BCUT2D eigenvalue weighted by atomic mass is 10.0. The van der Waals surface area contributed by atoms with Crippen molar-refractivity contribution in [1.29, 1.82) is 0 Å². The van der Waals surface area contributed by atoms with Crippen LogP contribution in [0.2, 0.25) is 0 Å². The van der Waals surface area contributed by atoms with Crippen LogP contribution in [-0.2, 0) is 0 Å². The van der Waals surface area contributed by atoms with E-state index < -0.39 is 0 Å². The number of piperidine rings is 1. The Hall–Kier alpha value is -1.84. The second-order valence-corrected chi connectivity index (χ2v) is 6.28. The van der Waals surface area contributed by atoms with Gasteiger partial charge in [-0.3, -0.25) is 4.90 Å². The zero-order valence-corrected chi connectivity index (χ0v) is 13.9. The highest BCUT2D eigenvalue weighted by atomic mass is 16.5. The Labute approximate surface area is 139 Å². The molecule has 1 unspecified atom stereocenters. The Balaban J connectivity index is 1.71. The first-order valence-corrected chi connectivity index (χ1v) is 8.55. The second kappa shape index (κ2) is 7.62. The summed E-state index contributed by atoms with van der Waals surface area (Å²) in [5.74, 6) is 1.78. The van der Waals surface area contributed by atoms with Gasteiger partial charge < -0.3 is 10.5 Å². The van der Waals surface area contributed by atoms with Gasteiger partial charge in [-0.05, 0) is 62.2 Å². The normalized spacial score (nSPS) is 17.0. The van der Waals surface area contributed by atoms with Crippen LogP contribution < -0.4 is 10.5 Å². The molecule has 1 aliphatic rings. The van der Waals surface area contributed by atoms with E-state index in [-0.39, 0.29) is 0 Å². The molecule has 1 fully saturated rings. The van der Waals surface area contributed by atoms with Gasteiger partial charge in [0, 0.05) is 12.6 Å². The molecule has 0 spiro atoms. The topological polar surface area (TPSA) is 38.5 Å². The number of hydrogen-bond acceptors (Lipinski definition) is 3. The lowest BCUT2D eigenvalue weighted by Crippen LogP contribution is -2.37. The molecule has 0 bridgehead atoms. The molecule has 2 aromatic carbocycles. The van der Waals surface area contributed by atoms with Gasteiger partial charge in [0.2, 0.25) is 0 Å². The van der Waals surface area contributed by atoms with Gasteiger partial charge in [0.25, 0.3) is 0 Å². The predicted octanol–water partition coefficient (Wildman–Crippen LogP) is 4.27. The van der Waals surface area contributed by atoms with Crippen LogP contribution in [0.15, 0.2) is 48.5 Å². The maximum Gasteiger partial charge on any atom is 0.130 e. The zero-order valence-electron chi connectivity index (χ0n) is 13.9. The molecule has 3 nitrogen and oxygen atoms in total. The van der Waals surface area contributed by atoms with E-state index in [2.05, 4.69) is 30.0 Å². The van der Waals surface area contributed by atoms with E-state index in [0.29, 0.717) is 12.6 Å². The Morgan fingerprint density at radius 2 is 1.70 bits per heavy atom. The fourth-order valence-electron chi connectivity index (χ4n) is 3.28. The summed E-state index contributed by atoms with van der Waals surface area (Å²) < 4.78 is 5.98. The number of aryl methyl sites for hydroxylation is 1. The SMILES string of the molecule is Cc1ccccc1Oc1ccc(C(CN)N2CCCCC2)cc1. The molecule has 0 aromatic heterocycles. The van der Waals surface area contributed by atoms with Crippen molar-refractivity contribution < 1.29 is 4.74 Å². The third-order valence-corrected chi connectivity index (χ3v) is 4.64. The second-order valence-electron chi connectivity index (χ2n) is 6.28. The molecule has 122 valence electrons. The van der Waals surface area contributed by atoms with Crippen molar-refractivity contribution in [2.24, 2.45) is 5.73 Å². The number of nitrogens with zero attached hydrogens (tertiary/aromatic N) is 1. The van der Waals surface area contributed by atoms with E-state index in [0.717, 1.165) is 30.2 Å². The summed E-state index contributed by atoms with van der Waals surface area (Å²) in [6, 6.07) is 16.8. The minimum Gasteiger partial charge on any atom is -0.457 e. The summed E-state index contributed by atoms with van der Waals surface area (Å²) in [4.78, 5) is 2.51. The molecule has 0 radical (unpaired) electrons. The average molecular weight is 310 g/mol. The quantitative estimate of drug-likeness (QED) is 0.896. The van der Waals surface area contributed by atoms with Crippen LogP contribution in [0.5, 0.6) is 11.5 Å². The van der Waals surface area contributed by atoms with Crippen LogP contribution in [-0.4, -0.2) is 24.5 Å². The summed E-state index contributed by atoms with van der Waals surface area (Å²) in [6.07, 6.45) is 3.91. The Morgan fingerprint density at radius 3 is 2.35 bits per heavy atom. The van der Waals surface area contributed by atoms with Crippen LogP contribution in [0.4, 0.5) is 0 Å². The number of likely N-dealkylation sites (tertiary alicyclic amines) is 1. The van der Waals surface area contributed by atoms with E-state index in [9.17, 15) is 0 Å². The molecule has 1 aliphatic heterocycles. The van der Waals surface area contributed by atoms with Gasteiger partial charge in [0.1, 0.15) is 11.5 Å². The molecule has 0 aliphatic carbocycles. The van der Waals surface area contributed by atoms with Gasteiger partial charge in [-0.15, -0.1) is 0 Å². The van der Waals surface area contributed by atoms with Crippen molar-refractivity contribution in [2.45, 2.75) is 32.2 Å². The first-order chi connectivity index (χ1) is 11.3. The Morgan fingerprint density at radius 1 is 1.00 bits per heavy atom. The van der Waals surface area contributed by atoms with Crippen molar-refractivity contribution in [2.75, 3.05) is 19.6 Å². The summed E-state index contributed by atoms with van der Waals surface area (Å²) in [6.45, 7) is 5.04. The smallest absolute Gasteiger partial charge is 0.130 e. The van der Waals surface area contributed by atoms with E-state index in [4.69, 9.17) is 10.5 Å². The molecular weight excluding hydrogens is 284 g/mol. The minimum absolute atomic E-state index is 0.322. The maximum absolute atomic E-state index is 6.04. The van der Waals surface area contributed by atoms with Crippen LogP contribution in [0.3, 0.4) is 0 Å². The Kier molecular flexibility index (Phi) is 5.31. The van der Waals surface area contributed by atoms with Crippen LogP contribution in [0.25, 0.3) is 0 Å². The molecule has 1 saturated heterocycles. The first-order valence-electron chi connectivity index (χ1n) is 8.55. The molecule has 0 amide bonds. The lowest BCUT2D eigenvalue weighted by Gasteiger charge is -2.34. The van der Waals surface area contributed by atoms with E-state index in [1.54, 1.807) is 0 Å². The highest BCUT2D eigenvalue weighted by molar-refractivity contribution is 5.38. The van der Waals surface area contributed by atoms with E-state index in [1.165, 1.54) is 24.8 Å². The van der Waals surface area contributed by atoms with E-state index in [1.807, 2.05) is 30.3 Å². The number of benzene rings is 2. The van der Waals surface area contributed by atoms with Crippen molar-refractivity contribution in [1.82, 2.24) is 4.90 Å². The molecule has 2 N–H and O–H groups in total. The van der Waals surface area contributed by atoms with Gasteiger partial charge in [0.15, 0.2) is 0 Å². The number of hydrogen-bond donors (Lipinski definition) is 1. The van der Waals surface area contributed by atoms with Gasteiger partial charge in [-0.1, -0.05) is 36.8 Å². The van der Waals surface area contributed by atoms with Gasteiger partial charge in [-0.2, -0.15) is 0 Å². The minimum atomic E-state index is 0.322. The molecule has 3 heteroatoms. The van der Waals surface area contributed by atoms with Crippen molar-refractivity contribution in [3.8, 4) is 11.5 Å². The van der Waals surface area contributed by atoms with Crippen LogP contribution >= 0.6 is 0 Å². The fourth-order valence-corrected chi connectivity index (χ4v) is 3.28. The third-order valence-electron chi connectivity index (χ3n) is 4.64. The molecule has 2 aromatic rings. The Bertz CT molecular complexity index is 618. The molecular formula is C20H26N2O. The molecule has 3 rings (SSSR count). The standard InChI is InChI=1S/C20H26N2O/c1-16-7-3-4-8-20(16)23-18-11-9-17(10-12-18)19(15-21)22-13-5-2-6-14-22/h3-4,7-12,19H,2,5-6,13-15,21H2,1H3. The summed E-state index contributed by atoms with van der Waals surface area (Å²) in [5, 5.41) is 0. The largest absolute Gasteiger partial charge is 0.457 e. The fraction of sp³-hybridized carbons (Fsp3) is 0.400. The average Bonchev–Trinajstić information content (AvgIpc) is 2.60. The maximum atomic E-state index is 6.04. The summed E-state index contributed by atoms with van der Waals surface area (Å²) in [7, 11) is 0. The number of nitrogens with two attached hydrogens (primary N) is 1. The van der Waals surface area contributed by atoms with Crippen LogP contribution in [0, 0.1) is 6.92 Å². The molecule has 23 heavy (non-hydrogen) atoms. The first kappa shape index (κ1) is 16.0. The highest BCUT2D eigenvalue weighted by Crippen LogP contribution is 2.28. The van der Waals surface area contributed by atoms with Crippen molar-refractivity contribution in [3.63, 3.8) is 0 Å². The molecule has 1 heterocycles. The van der Waals surface area contributed by atoms with Gasteiger partial charge in [0.05, 0.1) is 0 Å². The van der Waals surface area contributed by atoms with Crippen LogP contribution in [0.1, 0.15) is 36.4 Å². The van der Waals surface area contributed by atoms with E-state index >= 15 is 0 Å². The summed E-state index contributed by atoms with van der Waals surface area (Å²) >= 11 is 0. The van der Waals surface area contributed by atoms with Gasteiger partial charge in [-0.25, -0.2) is 0 Å². The van der Waals surface area contributed by atoms with Crippen molar-refractivity contribution >= 4 is 0 Å². The zero-order chi connectivity index (χ0) is 16.1. The lowest BCUT2D eigenvalue weighted by molar-refractivity contribution is 0.167. The molecule has 0 saturated carbocycles. The predicted molar refractivity (Wildman–Crippen MR) is 94.9 cm³/mol. The monoisotopic (exact) mass is 310 g/mol. The van der Waals surface area contributed by atoms with Gasteiger partial charge >= 0.3 is 0 Å². The number of rotatable bonds is 5. The summed E-state index contributed by atoms with van der Waals surface area (Å²) in [5.41, 5.74) is 8.47. The third kappa shape index (κ3) is 3.92.